The molecule has 2 heterocycles. The van der Waals surface area contributed by atoms with Crippen LogP contribution in [-0.4, -0.2) is 55.0 Å². The monoisotopic (exact) mass is 352 g/mol. The van der Waals surface area contributed by atoms with Gasteiger partial charge in [0.15, 0.2) is 0 Å². The van der Waals surface area contributed by atoms with Gasteiger partial charge in [0.25, 0.3) is 0 Å². The number of carboxylic acid groups (broad SMARTS) is 1. The molecule has 6 nitrogen and oxygen atoms in total. The first-order valence-corrected chi connectivity index (χ1v) is 8.22. The van der Waals surface area contributed by atoms with E-state index in [1.807, 2.05) is 0 Å². The Kier molecular flexibility index (Phi) is 6.45. The fourth-order valence-corrected chi connectivity index (χ4v) is 3.21. The van der Waals surface area contributed by atoms with Crippen LogP contribution in [0.25, 0.3) is 0 Å². The first-order valence-electron chi connectivity index (χ1n) is 8.22. The molecule has 2 saturated heterocycles. The molecular weight excluding hydrogens is 329 g/mol. The maximum atomic E-state index is 12.3. The van der Waals surface area contributed by atoms with Crippen LogP contribution in [0.3, 0.4) is 0 Å². The van der Waals surface area contributed by atoms with E-state index in [9.17, 15) is 18.0 Å². The Morgan fingerprint density at radius 3 is 2.38 bits per heavy atom. The van der Waals surface area contributed by atoms with E-state index in [2.05, 4.69) is 10.6 Å². The second-order valence-corrected chi connectivity index (χ2v) is 6.40. The number of nitrogens with one attached hydrogen (secondary N) is 2. The second kappa shape index (κ2) is 8.15. The summed E-state index contributed by atoms with van der Waals surface area (Å²) >= 11 is 0. The minimum Gasteiger partial charge on any atom is -0.475 e. The topological polar surface area (TPSA) is 87.7 Å². The molecule has 3 fully saturated rings. The molecule has 0 spiro atoms. The molecule has 0 unspecified atom stereocenters. The highest BCUT2D eigenvalue weighted by molar-refractivity contribution is 5.79. The molecular formula is C15H23F3N2O4. The van der Waals surface area contributed by atoms with E-state index in [0.29, 0.717) is 18.1 Å². The van der Waals surface area contributed by atoms with Crippen LogP contribution >= 0.6 is 0 Å². The molecule has 3 rings (SSSR count). The third-order valence-electron chi connectivity index (χ3n) is 4.77. The molecule has 9 heteroatoms. The number of halogens is 3. The number of fused-ring (bicyclic) bond motifs is 1. The van der Waals surface area contributed by atoms with Crippen molar-refractivity contribution in [3.8, 4) is 0 Å². The predicted octanol–water partition coefficient (Wildman–Crippen LogP) is 1.30. The summed E-state index contributed by atoms with van der Waals surface area (Å²) < 4.78 is 37.5. The smallest absolute Gasteiger partial charge is 0.475 e. The van der Waals surface area contributed by atoms with Crippen LogP contribution in [0.15, 0.2) is 0 Å². The third kappa shape index (κ3) is 5.07. The Bertz CT molecular complexity index is 452. The van der Waals surface area contributed by atoms with Gasteiger partial charge in [-0.15, -0.1) is 0 Å². The number of amides is 1. The van der Waals surface area contributed by atoms with Crippen LogP contribution in [0.5, 0.6) is 0 Å². The number of alkyl halides is 3. The number of carbonyl (C=O) groups is 2. The SMILES string of the molecule is O=C(NC1CCC1)[C@@H]1CCO[C@@H]2CCNC[C@@H]21.O=C(O)C(F)(F)F. The first-order chi connectivity index (χ1) is 11.3. The average Bonchev–Trinajstić information content (AvgIpc) is 2.50. The fraction of sp³-hybridized carbons (Fsp3) is 0.867. The van der Waals surface area contributed by atoms with Crippen molar-refractivity contribution in [1.82, 2.24) is 10.6 Å². The maximum absolute atomic E-state index is 12.3. The summed E-state index contributed by atoms with van der Waals surface area (Å²) in [4.78, 5) is 21.2. The number of rotatable bonds is 2. The van der Waals surface area contributed by atoms with Crippen LogP contribution in [0.2, 0.25) is 0 Å². The Morgan fingerprint density at radius 2 is 1.83 bits per heavy atom. The van der Waals surface area contributed by atoms with Gasteiger partial charge in [0.1, 0.15) is 0 Å². The third-order valence-corrected chi connectivity index (χ3v) is 4.77. The number of aliphatic carboxylic acids is 1. The van der Waals surface area contributed by atoms with E-state index in [-0.39, 0.29) is 11.8 Å². The Labute approximate surface area is 138 Å². The second-order valence-electron chi connectivity index (χ2n) is 6.40. The molecule has 138 valence electrons. The van der Waals surface area contributed by atoms with E-state index in [1.165, 1.54) is 19.3 Å². The van der Waals surface area contributed by atoms with E-state index in [1.54, 1.807) is 0 Å². The summed E-state index contributed by atoms with van der Waals surface area (Å²) in [5.41, 5.74) is 0. The summed E-state index contributed by atoms with van der Waals surface area (Å²) in [5.74, 6) is -1.93. The highest BCUT2D eigenvalue weighted by Gasteiger charge is 2.40. The summed E-state index contributed by atoms with van der Waals surface area (Å²) in [6.45, 7) is 2.72. The summed E-state index contributed by atoms with van der Waals surface area (Å²) in [7, 11) is 0. The van der Waals surface area contributed by atoms with Gasteiger partial charge in [0.2, 0.25) is 5.91 Å². The Balaban J connectivity index is 0.000000256. The normalized spacial score (nSPS) is 30.2. The minimum atomic E-state index is -5.08. The van der Waals surface area contributed by atoms with Crippen molar-refractivity contribution >= 4 is 11.9 Å². The lowest BCUT2D eigenvalue weighted by Crippen LogP contribution is -2.53. The molecule has 0 radical (unpaired) electrons. The molecule has 0 aromatic carbocycles. The quantitative estimate of drug-likeness (QED) is 0.697. The van der Waals surface area contributed by atoms with E-state index in [4.69, 9.17) is 14.6 Å². The van der Waals surface area contributed by atoms with Crippen molar-refractivity contribution in [1.29, 1.82) is 0 Å². The minimum absolute atomic E-state index is 0.169. The summed E-state index contributed by atoms with van der Waals surface area (Å²) in [6, 6.07) is 0.459. The summed E-state index contributed by atoms with van der Waals surface area (Å²) in [5, 5.41) is 13.7. The van der Waals surface area contributed by atoms with Crippen molar-refractivity contribution in [3.63, 3.8) is 0 Å². The molecule has 1 saturated carbocycles. The van der Waals surface area contributed by atoms with Crippen molar-refractivity contribution in [2.45, 2.75) is 50.4 Å². The maximum Gasteiger partial charge on any atom is 0.490 e. The van der Waals surface area contributed by atoms with Gasteiger partial charge in [-0.1, -0.05) is 0 Å². The highest BCUT2D eigenvalue weighted by atomic mass is 19.4. The Morgan fingerprint density at radius 1 is 1.17 bits per heavy atom. The number of carbonyl (C=O) groups excluding carboxylic acids is 1. The molecule has 3 atom stereocenters. The van der Waals surface area contributed by atoms with E-state index >= 15 is 0 Å². The Hall–Kier alpha value is -1.35. The highest BCUT2D eigenvalue weighted by Crippen LogP contribution is 2.31. The predicted molar refractivity (Wildman–Crippen MR) is 78.3 cm³/mol. The number of piperidine rings is 1. The molecule has 24 heavy (non-hydrogen) atoms. The molecule has 0 aromatic rings. The van der Waals surface area contributed by atoms with Crippen molar-refractivity contribution in [3.05, 3.63) is 0 Å². The van der Waals surface area contributed by atoms with Crippen molar-refractivity contribution in [2.24, 2.45) is 11.8 Å². The van der Waals surface area contributed by atoms with Gasteiger partial charge in [-0.05, 0) is 38.6 Å². The van der Waals surface area contributed by atoms with Crippen LogP contribution in [0.4, 0.5) is 13.2 Å². The van der Waals surface area contributed by atoms with E-state index in [0.717, 1.165) is 32.5 Å². The van der Waals surface area contributed by atoms with Gasteiger partial charge < -0.3 is 20.5 Å². The van der Waals surface area contributed by atoms with Crippen LogP contribution < -0.4 is 10.6 Å². The molecule has 1 aliphatic carbocycles. The molecule has 1 amide bonds. The summed E-state index contributed by atoms with van der Waals surface area (Å²) in [6.07, 6.45) is 0.774. The lowest BCUT2D eigenvalue weighted by Gasteiger charge is -2.41. The molecule has 0 bridgehead atoms. The van der Waals surface area contributed by atoms with Crippen LogP contribution in [0.1, 0.15) is 32.1 Å². The molecule has 2 aliphatic heterocycles. The van der Waals surface area contributed by atoms with Crippen molar-refractivity contribution in [2.75, 3.05) is 19.7 Å². The van der Waals surface area contributed by atoms with Gasteiger partial charge in [-0.25, -0.2) is 4.79 Å². The fourth-order valence-electron chi connectivity index (χ4n) is 3.21. The molecule has 0 aromatic heterocycles. The average molecular weight is 352 g/mol. The number of ether oxygens (including phenoxy) is 1. The zero-order valence-corrected chi connectivity index (χ0v) is 13.3. The number of hydrogen-bond donors (Lipinski definition) is 3. The van der Waals surface area contributed by atoms with Gasteiger partial charge in [0.05, 0.1) is 6.10 Å². The van der Waals surface area contributed by atoms with Gasteiger partial charge in [0, 0.05) is 31.0 Å². The van der Waals surface area contributed by atoms with Gasteiger partial charge >= 0.3 is 12.1 Å². The van der Waals surface area contributed by atoms with Crippen LogP contribution in [0, 0.1) is 11.8 Å². The zero-order chi connectivity index (χ0) is 17.7. The van der Waals surface area contributed by atoms with Gasteiger partial charge in [-0.3, -0.25) is 4.79 Å². The lowest BCUT2D eigenvalue weighted by atomic mass is 9.79. The number of hydrogen-bond acceptors (Lipinski definition) is 4. The van der Waals surface area contributed by atoms with Crippen LogP contribution in [-0.2, 0) is 14.3 Å². The molecule has 3 aliphatic rings. The lowest BCUT2D eigenvalue weighted by molar-refractivity contribution is -0.192. The van der Waals surface area contributed by atoms with E-state index < -0.39 is 12.1 Å². The molecule has 3 N–H and O–H groups in total. The zero-order valence-electron chi connectivity index (χ0n) is 13.3. The first kappa shape index (κ1) is 19.0. The van der Waals surface area contributed by atoms with Gasteiger partial charge in [-0.2, -0.15) is 13.2 Å². The largest absolute Gasteiger partial charge is 0.490 e. The standard InChI is InChI=1S/C13H22N2O2.C2HF3O2/c16-13(15-9-2-1-3-9)10-5-7-17-12-4-6-14-8-11(10)12;3-2(4,5)1(6)7/h9-12,14H,1-8H2,(H,15,16);(H,6,7)/t10-,11-,12-;/m1./s1. The van der Waals surface area contributed by atoms with Crippen molar-refractivity contribution < 1.29 is 32.6 Å². The number of carboxylic acids is 1.